The van der Waals surface area contributed by atoms with Crippen LogP contribution in [0.2, 0.25) is 0 Å². The number of aromatic amines is 1. The van der Waals surface area contributed by atoms with Crippen molar-refractivity contribution in [1.82, 2.24) is 9.55 Å². The van der Waals surface area contributed by atoms with Crippen LogP contribution >= 0.6 is 44.1 Å². The van der Waals surface area contributed by atoms with Gasteiger partial charge in [0.15, 0.2) is 4.77 Å². The third kappa shape index (κ3) is 2.28. The highest BCUT2D eigenvalue weighted by Gasteiger charge is 2.10. The molecule has 0 radical (unpaired) electrons. The summed E-state index contributed by atoms with van der Waals surface area (Å²) >= 11 is 12.3. The van der Waals surface area contributed by atoms with Crippen LogP contribution in [0, 0.1) is 10.6 Å². The van der Waals surface area contributed by atoms with Crippen LogP contribution in [0.3, 0.4) is 0 Å². The average molecular weight is 402 g/mol. The summed E-state index contributed by atoms with van der Waals surface area (Å²) in [5.74, 6) is -0.288. The number of H-pyrrole nitrogens is 1. The number of fused-ring (bicyclic) bond motifs is 1. The zero-order chi connectivity index (χ0) is 13.6. The summed E-state index contributed by atoms with van der Waals surface area (Å²) in [6.07, 6.45) is 0. The maximum absolute atomic E-state index is 13.2. The smallest absolute Gasteiger partial charge is 0.182 e. The van der Waals surface area contributed by atoms with E-state index in [1.54, 1.807) is 6.07 Å². The van der Waals surface area contributed by atoms with Gasteiger partial charge in [-0.15, -0.1) is 0 Å². The van der Waals surface area contributed by atoms with Crippen LogP contribution in [0.4, 0.5) is 4.39 Å². The van der Waals surface area contributed by atoms with Gasteiger partial charge in [0.1, 0.15) is 5.82 Å². The molecule has 3 rings (SSSR count). The van der Waals surface area contributed by atoms with Crippen LogP contribution in [0.1, 0.15) is 0 Å². The number of hydrogen-bond acceptors (Lipinski definition) is 1. The average Bonchev–Trinajstić information content (AvgIpc) is 2.67. The molecule has 0 atom stereocenters. The highest BCUT2D eigenvalue weighted by molar-refractivity contribution is 9.11. The van der Waals surface area contributed by atoms with Crippen LogP contribution in [-0.2, 0) is 0 Å². The Hall–Kier alpha value is -0.980. The number of nitrogens with zero attached hydrogens (tertiary/aromatic N) is 1. The van der Waals surface area contributed by atoms with Crippen molar-refractivity contribution in [2.75, 3.05) is 0 Å². The van der Waals surface area contributed by atoms with E-state index < -0.39 is 0 Å². The molecule has 1 aromatic heterocycles. The van der Waals surface area contributed by atoms with Crippen molar-refractivity contribution < 1.29 is 4.39 Å². The lowest BCUT2D eigenvalue weighted by atomic mass is 10.3. The minimum absolute atomic E-state index is 0.288. The van der Waals surface area contributed by atoms with Crippen molar-refractivity contribution >= 4 is 55.1 Å². The molecule has 0 saturated heterocycles. The topological polar surface area (TPSA) is 20.7 Å². The number of halogens is 3. The molecule has 6 heteroatoms. The fraction of sp³-hybridized carbons (Fsp3) is 0. The van der Waals surface area contributed by atoms with E-state index in [9.17, 15) is 4.39 Å². The minimum atomic E-state index is -0.288. The maximum Gasteiger partial charge on any atom is 0.182 e. The Bertz CT molecular complexity index is 838. The van der Waals surface area contributed by atoms with E-state index >= 15 is 0 Å². The summed E-state index contributed by atoms with van der Waals surface area (Å²) in [6, 6.07) is 10.4. The van der Waals surface area contributed by atoms with E-state index in [2.05, 4.69) is 36.8 Å². The molecule has 0 aliphatic rings. The molecular formula is C13H7Br2FN2S. The van der Waals surface area contributed by atoms with Crippen molar-refractivity contribution in [1.29, 1.82) is 0 Å². The molecule has 0 aliphatic heterocycles. The molecule has 2 nitrogen and oxygen atoms in total. The highest BCUT2D eigenvalue weighted by atomic mass is 79.9. The third-order valence-corrected chi connectivity index (χ3v) is 4.24. The van der Waals surface area contributed by atoms with Crippen LogP contribution in [0.15, 0.2) is 45.3 Å². The first-order valence-corrected chi connectivity index (χ1v) is 7.41. The quantitative estimate of drug-likeness (QED) is 0.545. The Morgan fingerprint density at radius 3 is 2.68 bits per heavy atom. The number of benzene rings is 2. The molecule has 96 valence electrons. The second kappa shape index (κ2) is 4.85. The number of aromatic nitrogens is 2. The van der Waals surface area contributed by atoms with Gasteiger partial charge in [0.2, 0.25) is 0 Å². The van der Waals surface area contributed by atoms with E-state index in [1.165, 1.54) is 12.1 Å². The molecule has 19 heavy (non-hydrogen) atoms. The van der Waals surface area contributed by atoms with Crippen LogP contribution in [0.5, 0.6) is 0 Å². The van der Waals surface area contributed by atoms with Gasteiger partial charge >= 0.3 is 0 Å². The van der Waals surface area contributed by atoms with E-state index in [0.29, 0.717) is 10.3 Å². The molecule has 0 unspecified atom stereocenters. The van der Waals surface area contributed by atoms with Gasteiger partial charge in [-0.1, -0.05) is 15.9 Å². The molecule has 0 bridgehead atoms. The molecule has 0 aliphatic carbocycles. The molecule has 0 amide bonds. The van der Waals surface area contributed by atoms with Gasteiger partial charge in [0.25, 0.3) is 0 Å². The van der Waals surface area contributed by atoms with E-state index in [-0.39, 0.29) is 5.82 Å². The summed E-state index contributed by atoms with van der Waals surface area (Å²) in [5.41, 5.74) is 2.42. The Morgan fingerprint density at radius 2 is 1.89 bits per heavy atom. The summed E-state index contributed by atoms with van der Waals surface area (Å²) in [5, 5.41) is 0. The second-order valence-corrected chi connectivity index (χ2v) is 6.18. The SMILES string of the molecule is Fc1ccc2c(c1)[nH]c(=S)n2-c1cc(Br)ccc1Br. The Balaban J connectivity index is 2.39. The van der Waals surface area contributed by atoms with Crippen LogP contribution in [-0.4, -0.2) is 9.55 Å². The van der Waals surface area contributed by atoms with Gasteiger partial charge in [-0.25, -0.2) is 4.39 Å². The number of nitrogens with one attached hydrogen (secondary N) is 1. The Morgan fingerprint density at radius 1 is 1.11 bits per heavy atom. The lowest BCUT2D eigenvalue weighted by Crippen LogP contribution is -1.95. The predicted octanol–water partition coefficient (Wildman–Crippen LogP) is 5.35. The number of hydrogen-bond donors (Lipinski definition) is 1. The van der Waals surface area contributed by atoms with Gasteiger partial charge in [-0.2, -0.15) is 0 Å². The molecule has 1 heterocycles. The molecule has 3 aromatic rings. The lowest BCUT2D eigenvalue weighted by Gasteiger charge is -2.07. The van der Waals surface area contributed by atoms with E-state index in [1.807, 2.05) is 22.8 Å². The minimum Gasteiger partial charge on any atom is -0.330 e. The Kier molecular flexibility index (Phi) is 3.32. The van der Waals surface area contributed by atoms with Gasteiger partial charge in [0, 0.05) is 8.95 Å². The third-order valence-electron chi connectivity index (χ3n) is 2.79. The number of imidazole rings is 1. The van der Waals surface area contributed by atoms with Gasteiger partial charge < -0.3 is 4.98 Å². The highest BCUT2D eigenvalue weighted by Crippen LogP contribution is 2.28. The molecule has 0 saturated carbocycles. The number of rotatable bonds is 1. The molecule has 1 N–H and O–H groups in total. The van der Waals surface area contributed by atoms with Gasteiger partial charge in [-0.3, -0.25) is 4.57 Å². The van der Waals surface area contributed by atoms with Gasteiger partial charge in [-0.05, 0) is 64.5 Å². The fourth-order valence-corrected chi connectivity index (χ4v) is 3.06. The van der Waals surface area contributed by atoms with Crippen molar-refractivity contribution in [3.63, 3.8) is 0 Å². The molecule has 0 fully saturated rings. The normalized spacial score (nSPS) is 11.1. The first-order valence-electron chi connectivity index (χ1n) is 5.42. The maximum atomic E-state index is 13.2. The van der Waals surface area contributed by atoms with Crippen LogP contribution in [0.25, 0.3) is 16.7 Å². The monoisotopic (exact) mass is 400 g/mol. The zero-order valence-electron chi connectivity index (χ0n) is 9.45. The first kappa shape index (κ1) is 13.0. The fourth-order valence-electron chi connectivity index (χ4n) is 1.98. The second-order valence-electron chi connectivity index (χ2n) is 4.02. The van der Waals surface area contributed by atoms with Crippen LogP contribution < -0.4 is 0 Å². The standard InChI is InChI=1S/C13H7Br2FN2S/c14-7-1-3-9(15)12(5-7)18-11-4-2-8(16)6-10(11)17-13(18)19/h1-6H,(H,17,19). The summed E-state index contributed by atoms with van der Waals surface area (Å²) < 4.78 is 17.5. The van der Waals surface area contributed by atoms with Crippen molar-refractivity contribution in [3.05, 3.63) is 55.9 Å². The Labute approximate surface area is 130 Å². The molecule has 0 spiro atoms. The van der Waals surface area contributed by atoms with Crippen molar-refractivity contribution in [2.24, 2.45) is 0 Å². The van der Waals surface area contributed by atoms with E-state index in [0.717, 1.165) is 20.1 Å². The van der Waals surface area contributed by atoms with Crippen molar-refractivity contribution in [3.8, 4) is 5.69 Å². The van der Waals surface area contributed by atoms with E-state index in [4.69, 9.17) is 12.2 Å². The molecule has 2 aromatic carbocycles. The summed E-state index contributed by atoms with van der Waals surface area (Å²) in [6.45, 7) is 0. The van der Waals surface area contributed by atoms with Gasteiger partial charge in [0.05, 0.1) is 16.7 Å². The largest absolute Gasteiger partial charge is 0.330 e. The molecular weight excluding hydrogens is 395 g/mol. The first-order chi connectivity index (χ1) is 9.06. The summed E-state index contributed by atoms with van der Waals surface area (Å²) in [4.78, 5) is 3.01. The van der Waals surface area contributed by atoms with Crippen molar-refractivity contribution in [2.45, 2.75) is 0 Å². The predicted molar refractivity (Wildman–Crippen MR) is 83.8 cm³/mol. The lowest BCUT2D eigenvalue weighted by molar-refractivity contribution is 0.629. The zero-order valence-corrected chi connectivity index (χ0v) is 13.4. The summed E-state index contributed by atoms with van der Waals surface area (Å²) in [7, 11) is 0.